The highest BCUT2D eigenvalue weighted by Crippen LogP contribution is 2.32. The van der Waals surface area contributed by atoms with Crippen LogP contribution in [0.3, 0.4) is 0 Å². The van der Waals surface area contributed by atoms with Crippen LogP contribution < -0.4 is 9.47 Å². The van der Waals surface area contributed by atoms with E-state index in [1.54, 1.807) is 0 Å². The van der Waals surface area contributed by atoms with Crippen LogP contribution in [0.15, 0.2) is 35.7 Å². The van der Waals surface area contributed by atoms with Crippen LogP contribution in [0.25, 0.3) is 0 Å². The molecule has 2 rings (SSSR count). The van der Waals surface area contributed by atoms with Crippen LogP contribution in [-0.4, -0.2) is 57.5 Å². The Balaban J connectivity index is 2.06. The lowest BCUT2D eigenvalue weighted by molar-refractivity contribution is -0.159. The lowest BCUT2D eigenvalue weighted by atomic mass is 10.3. The molecule has 10 heteroatoms. The number of carbonyl (C=O) groups is 1. The Kier molecular flexibility index (Phi) is 6.17. The van der Waals surface area contributed by atoms with E-state index in [1.165, 1.54) is 18.2 Å². The van der Waals surface area contributed by atoms with E-state index in [9.17, 15) is 26.4 Å². The van der Waals surface area contributed by atoms with Gasteiger partial charge in [-0.2, -0.15) is 13.2 Å². The molecule has 1 aliphatic heterocycles. The van der Waals surface area contributed by atoms with Gasteiger partial charge in [0.1, 0.15) is 19.8 Å². The van der Waals surface area contributed by atoms with Crippen molar-refractivity contribution in [3.05, 3.63) is 30.9 Å². The average molecular weight is 393 g/mol. The van der Waals surface area contributed by atoms with Gasteiger partial charge in [0, 0.05) is 19.0 Å². The standard InChI is InChI=1S/C16H18F3NO5S/c1-2-6-20(11-16(17,18)19)15(21)5-9-26(22,23)12-3-4-13-14(10-12)25-8-7-24-13/h2-4,10H,1,5-9,11H2. The molecular weight excluding hydrogens is 375 g/mol. The molecule has 0 aliphatic carbocycles. The smallest absolute Gasteiger partial charge is 0.406 e. The van der Waals surface area contributed by atoms with Crippen molar-refractivity contribution in [3.8, 4) is 11.5 Å². The molecule has 0 unspecified atom stereocenters. The average Bonchev–Trinajstić information content (AvgIpc) is 2.58. The summed E-state index contributed by atoms with van der Waals surface area (Å²) < 4.78 is 72.9. The summed E-state index contributed by atoms with van der Waals surface area (Å²) in [6.45, 7) is 2.17. The minimum atomic E-state index is -4.58. The molecule has 1 heterocycles. The van der Waals surface area contributed by atoms with Crippen molar-refractivity contribution in [2.75, 3.05) is 32.1 Å². The second-order valence-electron chi connectivity index (χ2n) is 5.55. The molecule has 1 aliphatic rings. The first-order valence-electron chi connectivity index (χ1n) is 7.70. The first kappa shape index (κ1) is 20.1. The number of amides is 1. The number of ether oxygens (including phenoxy) is 2. The highest BCUT2D eigenvalue weighted by Gasteiger charge is 2.33. The van der Waals surface area contributed by atoms with Crippen LogP contribution in [0.4, 0.5) is 13.2 Å². The molecular formula is C16H18F3NO5S. The first-order chi connectivity index (χ1) is 12.1. The van der Waals surface area contributed by atoms with Gasteiger partial charge >= 0.3 is 6.18 Å². The van der Waals surface area contributed by atoms with Gasteiger partial charge in [-0.3, -0.25) is 4.79 Å². The number of benzene rings is 1. The van der Waals surface area contributed by atoms with Crippen molar-refractivity contribution in [2.45, 2.75) is 17.5 Å². The van der Waals surface area contributed by atoms with Crippen LogP contribution in [0.1, 0.15) is 6.42 Å². The number of nitrogens with zero attached hydrogens (tertiary/aromatic N) is 1. The molecule has 0 fully saturated rings. The third-order valence-corrected chi connectivity index (χ3v) is 5.24. The lowest BCUT2D eigenvalue weighted by Gasteiger charge is -2.22. The van der Waals surface area contributed by atoms with Crippen molar-refractivity contribution in [1.82, 2.24) is 4.90 Å². The summed E-state index contributed by atoms with van der Waals surface area (Å²) >= 11 is 0. The SMILES string of the molecule is C=CCN(CC(F)(F)F)C(=O)CCS(=O)(=O)c1ccc2c(c1)OCCO2. The molecule has 0 aromatic heterocycles. The van der Waals surface area contributed by atoms with Gasteiger partial charge in [-0.25, -0.2) is 8.42 Å². The van der Waals surface area contributed by atoms with Gasteiger partial charge in [0.2, 0.25) is 5.91 Å². The molecule has 0 bridgehead atoms. The zero-order chi connectivity index (χ0) is 19.4. The van der Waals surface area contributed by atoms with E-state index in [4.69, 9.17) is 9.47 Å². The monoisotopic (exact) mass is 393 g/mol. The van der Waals surface area contributed by atoms with E-state index in [2.05, 4.69) is 6.58 Å². The van der Waals surface area contributed by atoms with Crippen molar-refractivity contribution >= 4 is 15.7 Å². The van der Waals surface area contributed by atoms with E-state index >= 15 is 0 Å². The van der Waals surface area contributed by atoms with Crippen molar-refractivity contribution in [3.63, 3.8) is 0 Å². The number of fused-ring (bicyclic) bond motifs is 1. The fourth-order valence-electron chi connectivity index (χ4n) is 2.34. The van der Waals surface area contributed by atoms with E-state index < -0.39 is 40.6 Å². The Labute approximate surface area is 149 Å². The summed E-state index contributed by atoms with van der Waals surface area (Å²) in [6, 6.07) is 4.03. The Morgan fingerprint density at radius 2 is 1.88 bits per heavy atom. The number of carbonyl (C=O) groups excluding carboxylic acids is 1. The number of hydrogen-bond acceptors (Lipinski definition) is 5. The minimum Gasteiger partial charge on any atom is -0.486 e. The predicted octanol–water partition coefficient (Wildman–Crippen LogP) is 2.20. The predicted molar refractivity (Wildman–Crippen MR) is 86.9 cm³/mol. The molecule has 0 saturated carbocycles. The largest absolute Gasteiger partial charge is 0.486 e. The maximum atomic E-state index is 12.5. The van der Waals surface area contributed by atoms with Crippen LogP contribution in [0.5, 0.6) is 11.5 Å². The molecule has 0 saturated heterocycles. The molecule has 1 aromatic carbocycles. The summed E-state index contributed by atoms with van der Waals surface area (Å²) in [4.78, 5) is 12.4. The summed E-state index contributed by atoms with van der Waals surface area (Å²) in [5.41, 5.74) is 0. The van der Waals surface area contributed by atoms with Gasteiger partial charge in [0.05, 0.1) is 10.6 Å². The molecule has 1 amide bonds. The van der Waals surface area contributed by atoms with Gasteiger partial charge in [-0.05, 0) is 12.1 Å². The Morgan fingerprint density at radius 3 is 2.50 bits per heavy atom. The zero-order valence-corrected chi connectivity index (χ0v) is 14.6. The summed E-state index contributed by atoms with van der Waals surface area (Å²) in [5.74, 6) is -0.845. The van der Waals surface area contributed by atoms with Crippen molar-refractivity contribution in [2.24, 2.45) is 0 Å². The highest BCUT2D eigenvalue weighted by molar-refractivity contribution is 7.91. The first-order valence-corrected chi connectivity index (χ1v) is 9.35. The Hall–Kier alpha value is -2.23. The van der Waals surface area contributed by atoms with E-state index in [1.807, 2.05) is 0 Å². The topological polar surface area (TPSA) is 72.9 Å². The Bertz CT molecular complexity index is 777. The second kappa shape index (κ2) is 7.98. The van der Waals surface area contributed by atoms with Gasteiger partial charge in [-0.15, -0.1) is 6.58 Å². The third kappa shape index (κ3) is 5.38. The zero-order valence-electron chi connectivity index (χ0n) is 13.8. The van der Waals surface area contributed by atoms with Crippen LogP contribution in [0, 0.1) is 0 Å². The van der Waals surface area contributed by atoms with Crippen molar-refractivity contribution in [1.29, 1.82) is 0 Å². The second-order valence-corrected chi connectivity index (χ2v) is 7.66. The van der Waals surface area contributed by atoms with Crippen molar-refractivity contribution < 1.29 is 35.9 Å². The quantitative estimate of drug-likeness (QED) is 0.664. The van der Waals surface area contributed by atoms with E-state index in [0.717, 1.165) is 6.08 Å². The Morgan fingerprint density at radius 1 is 1.23 bits per heavy atom. The number of hydrogen-bond donors (Lipinski definition) is 0. The number of alkyl halides is 3. The van der Waals surface area contributed by atoms with E-state index in [0.29, 0.717) is 17.3 Å². The van der Waals surface area contributed by atoms with Gasteiger partial charge in [0.15, 0.2) is 21.3 Å². The van der Waals surface area contributed by atoms with E-state index in [-0.39, 0.29) is 23.8 Å². The molecule has 0 atom stereocenters. The number of halogens is 3. The lowest BCUT2D eigenvalue weighted by Crippen LogP contribution is -2.39. The summed E-state index contributed by atoms with van der Waals surface area (Å²) in [7, 11) is -3.87. The molecule has 1 aromatic rings. The molecule has 0 N–H and O–H groups in total. The maximum absolute atomic E-state index is 12.5. The normalized spacial score (nSPS) is 14.0. The fraction of sp³-hybridized carbons (Fsp3) is 0.438. The summed E-state index contributed by atoms with van der Waals surface area (Å²) in [5, 5.41) is 0. The molecule has 144 valence electrons. The maximum Gasteiger partial charge on any atom is 0.406 e. The van der Waals surface area contributed by atoms with Crippen LogP contribution in [-0.2, 0) is 14.6 Å². The third-order valence-electron chi connectivity index (χ3n) is 3.53. The van der Waals surface area contributed by atoms with Crippen LogP contribution in [0.2, 0.25) is 0 Å². The molecule has 0 radical (unpaired) electrons. The minimum absolute atomic E-state index is 0.0827. The van der Waals surface area contributed by atoms with Crippen LogP contribution >= 0.6 is 0 Å². The molecule has 0 spiro atoms. The van der Waals surface area contributed by atoms with Gasteiger partial charge in [0.25, 0.3) is 0 Å². The number of rotatable bonds is 7. The summed E-state index contributed by atoms with van der Waals surface area (Å²) in [6.07, 6.45) is -3.99. The fourth-order valence-corrected chi connectivity index (χ4v) is 3.58. The molecule has 6 nitrogen and oxygen atoms in total. The highest BCUT2D eigenvalue weighted by atomic mass is 32.2. The van der Waals surface area contributed by atoms with Gasteiger partial charge in [-0.1, -0.05) is 6.08 Å². The van der Waals surface area contributed by atoms with Gasteiger partial charge < -0.3 is 14.4 Å². The number of sulfone groups is 1. The molecule has 26 heavy (non-hydrogen) atoms.